The molecule has 0 radical (unpaired) electrons. The minimum atomic E-state index is -1.37. The van der Waals surface area contributed by atoms with E-state index in [-0.39, 0.29) is 28.3 Å². The summed E-state index contributed by atoms with van der Waals surface area (Å²) in [5, 5.41) is 9.27. The van der Waals surface area contributed by atoms with Crippen LogP contribution in [0.5, 0.6) is 0 Å². The Morgan fingerprint density at radius 2 is 1.91 bits per heavy atom. The fourth-order valence-corrected chi connectivity index (χ4v) is 7.02. The minimum absolute atomic E-state index is 0.129. The molecule has 0 saturated carbocycles. The zero-order valence-electron chi connectivity index (χ0n) is 14.7. The van der Waals surface area contributed by atoms with E-state index >= 15 is 0 Å². The molecule has 0 aliphatic carbocycles. The fourth-order valence-electron chi connectivity index (χ4n) is 3.14. The molecular weight excluding hydrogens is 350 g/mol. The van der Waals surface area contributed by atoms with Crippen LogP contribution in [0.3, 0.4) is 0 Å². The van der Waals surface area contributed by atoms with Gasteiger partial charge in [-0.05, 0) is 31.7 Å². The zero-order chi connectivity index (χ0) is 17.7. The van der Waals surface area contributed by atoms with Crippen LogP contribution in [0.1, 0.15) is 27.7 Å². The molecule has 2 heterocycles. The lowest BCUT2D eigenvalue weighted by molar-refractivity contribution is -0.173. The molecule has 0 aromatic heterocycles. The van der Waals surface area contributed by atoms with Crippen molar-refractivity contribution in [2.24, 2.45) is 11.3 Å². The third kappa shape index (κ3) is 2.87. The monoisotopic (exact) mass is 375 g/mol. The van der Waals surface area contributed by atoms with Gasteiger partial charge in [0.2, 0.25) is 5.91 Å². The van der Waals surface area contributed by atoms with Crippen molar-refractivity contribution >= 4 is 44.4 Å². The molecule has 3 atom stereocenters. The first kappa shape index (κ1) is 18.9. The lowest BCUT2D eigenvalue weighted by Crippen LogP contribution is -2.69. The predicted molar refractivity (Wildman–Crippen MR) is 97.7 cm³/mol. The van der Waals surface area contributed by atoms with Crippen molar-refractivity contribution in [1.29, 1.82) is 0 Å². The molecule has 1 N–H and O–H groups in total. The van der Waals surface area contributed by atoms with E-state index in [9.17, 15) is 14.7 Å². The van der Waals surface area contributed by atoms with Crippen LogP contribution in [0.15, 0.2) is 9.93 Å². The average Bonchev–Trinajstić information content (AvgIpc) is 2.70. The number of amides is 1. The number of hydrogen-bond donors (Lipinski definition) is 1. The second-order valence-corrected chi connectivity index (χ2v) is 11.9. The van der Waals surface area contributed by atoms with Gasteiger partial charge in [0, 0.05) is 0 Å². The van der Waals surface area contributed by atoms with Gasteiger partial charge in [-0.15, -0.1) is 11.8 Å². The fraction of sp³-hybridized carbons (Fsp3) is 0.733. The van der Waals surface area contributed by atoms with E-state index < -0.39 is 20.6 Å². The second kappa shape index (κ2) is 6.13. The first-order valence-corrected chi connectivity index (χ1v) is 12.5. The summed E-state index contributed by atoms with van der Waals surface area (Å²) in [7, 11) is -1.37. The van der Waals surface area contributed by atoms with E-state index in [1.54, 1.807) is 0 Å². The lowest BCUT2D eigenvalue weighted by Gasteiger charge is -2.56. The highest BCUT2D eigenvalue weighted by atomic mass is 32.2. The van der Waals surface area contributed by atoms with Gasteiger partial charge in [0.25, 0.3) is 0 Å². The van der Waals surface area contributed by atoms with Crippen LogP contribution in [0.4, 0.5) is 0 Å². The summed E-state index contributed by atoms with van der Waals surface area (Å²) in [5.41, 5.74) is -0.689. The normalized spacial score (nSPS) is 27.1. The van der Waals surface area contributed by atoms with Crippen LogP contribution in [-0.4, -0.2) is 48.2 Å². The van der Waals surface area contributed by atoms with Crippen LogP contribution < -0.4 is 0 Å². The van der Waals surface area contributed by atoms with E-state index in [0.29, 0.717) is 4.24 Å². The molecule has 0 unspecified atom stereocenters. The molecule has 8 heteroatoms. The highest BCUT2D eigenvalue weighted by molar-refractivity contribution is 8.22. The Kier molecular flexibility index (Phi) is 5.03. The largest absolute Gasteiger partial charge is 0.477 e. The third-order valence-corrected chi connectivity index (χ3v) is 8.10. The maximum Gasteiger partial charge on any atom is 0.354 e. The van der Waals surface area contributed by atoms with Crippen molar-refractivity contribution in [3.63, 3.8) is 0 Å². The van der Waals surface area contributed by atoms with Crippen molar-refractivity contribution in [3.05, 3.63) is 9.93 Å². The first-order chi connectivity index (χ1) is 10.5. The number of carbonyl (C=O) groups is 2. The summed E-state index contributed by atoms with van der Waals surface area (Å²) in [6, 6.07) is 0. The van der Waals surface area contributed by atoms with Gasteiger partial charge in [-0.2, -0.15) is 0 Å². The molecule has 0 aromatic rings. The van der Waals surface area contributed by atoms with E-state index in [1.807, 2.05) is 13.2 Å². The first-order valence-electron chi connectivity index (χ1n) is 7.64. The van der Waals surface area contributed by atoms with Gasteiger partial charge < -0.3 is 9.53 Å². The molecule has 1 fully saturated rings. The molecule has 130 valence electrons. The zero-order valence-corrected chi connectivity index (χ0v) is 17.5. The van der Waals surface area contributed by atoms with Crippen LogP contribution in [0.2, 0.25) is 13.1 Å². The van der Waals surface area contributed by atoms with E-state index in [4.69, 9.17) is 4.43 Å². The number of β-lactam (4-membered cyclic amide) rings is 1. The Labute approximate surface area is 147 Å². The van der Waals surface area contributed by atoms with E-state index in [2.05, 4.69) is 33.9 Å². The Bertz CT molecular complexity index is 572. The summed E-state index contributed by atoms with van der Waals surface area (Å²) in [4.78, 5) is 25.8. The molecule has 0 bridgehead atoms. The SMILES string of the molecule is CSC1=C(C(=O)O)N2C(=O)[C@@H]([C@](C)(O[SiH](C)C)C(C)(C)C)[C@H]2S1. The number of nitrogens with zero attached hydrogens (tertiary/aromatic N) is 1. The number of thioether (sulfide) groups is 2. The van der Waals surface area contributed by atoms with Gasteiger partial charge >= 0.3 is 5.97 Å². The minimum Gasteiger partial charge on any atom is -0.477 e. The highest BCUT2D eigenvalue weighted by Crippen LogP contribution is 2.58. The summed E-state index contributed by atoms with van der Waals surface area (Å²) < 4.78 is 7.06. The number of hydrogen-bond acceptors (Lipinski definition) is 5. The number of carboxylic acids is 1. The van der Waals surface area contributed by atoms with Crippen molar-refractivity contribution in [2.45, 2.75) is 51.8 Å². The van der Waals surface area contributed by atoms with Crippen LogP contribution in [0.25, 0.3) is 0 Å². The number of carboxylic acid groups (broad SMARTS) is 1. The second-order valence-electron chi connectivity index (χ2n) is 7.36. The Hall–Kier alpha value is -0.443. The van der Waals surface area contributed by atoms with Crippen molar-refractivity contribution < 1.29 is 19.1 Å². The summed E-state index contributed by atoms with van der Waals surface area (Å²) in [6.45, 7) is 12.5. The molecule has 5 nitrogen and oxygen atoms in total. The molecule has 2 aliphatic rings. The van der Waals surface area contributed by atoms with Crippen LogP contribution >= 0.6 is 23.5 Å². The number of carbonyl (C=O) groups excluding carboxylic acids is 1. The van der Waals surface area contributed by atoms with Gasteiger partial charge in [0.1, 0.15) is 5.37 Å². The summed E-state index contributed by atoms with van der Waals surface area (Å²) in [5.74, 6) is -1.48. The van der Waals surface area contributed by atoms with Gasteiger partial charge in [-0.1, -0.05) is 32.5 Å². The van der Waals surface area contributed by atoms with Crippen molar-refractivity contribution in [1.82, 2.24) is 4.90 Å². The average molecular weight is 376 g/mol. The molecule has 0 aromatic carbocycles. The Balaban J connectivity index is 2.38. The van der Waals surface area contributed by atoms with Crippen LogP contribution in [-0.2, 0) is 14.0 Å². The predicted octanol–water partition coefficient (Wildman–Crippen LogP) is 2.94. The Morgan fingerprint density at radius 1 is 1.35 bits per heavy atom. The van der Waals surface area contributed by atoms with Gasteiger partial charge in [-0.3, -0.25) is 9.69 Å². The molecule has 23 heavy (non-hydrogen) atoms. The number of fused-ring (bicyclic) bond motifs is 1. The summed E-state index contributed by atoms with van der Waals surface area (Å²) >= 11 is 2.87. The molecular formula is C15H25NO4S2Si. The maximum absolute atomic E-state index is 12.8. The highest BCUT2D eigenvalue weighted by Gasteiger charge is 2.65. The lowest BCUT2D eigenvalue weighted by atomic mass is 9.66. The topological polar surface area (TPSA) is 66.8 Å². The number of rotatable bonds is 5. The third-order valence-electron chi connectivity index (χ3n) is 4.66. The van der Waals surface area contributed by atoms with Gasteiger partial charge in [0.05, 0.1) is 15.8 Å². The molecule has 1 amide bonds. The standard InChI is InChI=1S/C15H25NO4S2Si/c1-14(2,3)15(4,20-23(6)7)8-10(17)16-9(12(18)19)13(21-5)22-11(8)16/h8,11,23H,1-7H3,(H,18,19)/t8-,11-,15+/m1/s1. The summed E-state index contributed by atoms with van der Waals surface area (Å²) in [6.07, 6.45) is 1.84. The van der Waals surface area contributed by atoms with Crippen LogP contribution in [0, 0.1) is 11.3 Å². The number of aliphatic carboxylic acids is 1. The van der Waals surface area contributed by atoms with Gasteiger partial charge in [-0.25, -0.2) is 4.79 Å². The van der Waals surface area contributed by atoms with E-state index in [1.165, 1.54) is 28.4 Å². The molecule has 0 spiro atoms. The van der Waals surface area contributed by atoms with Gasteiger partial charge in [0.15, 0.2) is 14.7 Å². The van der Waals surface area contributed by atoms with E-state index in [0.717, 1.165) is 0 Å². The van der Waals surface area contributed by atoms with Crippen molar-refractivity contribution in [3.8, 4) is 0 Å². The quantitative estimate of drug-likeness (QED) is 0.589. The molecule has 2 aliphatic heterocycles. The molecule has 1 saturated heterocycles. The smallest absolute Gasteiger partial charge is 0.354 e. The maximum atomic E-state index is 12.8. The molecule has 2 rings (SSSR count). The Morgan fingerprint density at radius 3 is 2.30 bits per heavy atom. The van der Waals surface area contributed by atoms with Crippen molar-refractivity contribution in [2.75, 3.05) is 6.26 Å².